The van der Waals surface area contributed by atoms with Crippen molar-refractivity contribution in [2.45, 2.75) is 50.1 Å². The second-order valence-electron chi connectivity index (χ2n) is 7.88. The Labute approximate surface area is 210 Å². The molecule has 2 aromatic rings. The zero-order valence-corrected chi connectivity index (χ0v) is 19.6. The molecule has 0 aliphatic heterocycles. The highest BCUT2D eigenvalue weighted by Gasteiger charge is 2.81. The number of hydrogen-bond acceptors (Lipinski definition) is 5. The van der Waals surface area contributed by atoms with E-state index in [9.17, 15) is 49.1 Å². The van der Waals surface area contributed by atoms with Gasteiger partial charge in [0.25, 0.3) is 0 Å². The summed E-state index contributed by atoms with van der Waals surface area (Å²) in [4.78, 5) is 24.2. The van der Waals surface area contributed by atoms with E-state index in [4.69, 9.17) is 9.47 Å². The Kier molecular flexibility index (Phi) is 9.67. The number of benzene rings is 2. The molecule has 2 aromatic carbocycles. The number of hydrogen-bond donors (Lipinski definition) is 0. The second kappa shape index (κ2) is 11.9. The van der Waals surface area contributed by atoms with E-state index in [2.05, 4.69) is 4.74 Å². The fourth-order valence-electron chi connectivity index (χ4n) is 2.77. The molecule has 0 spiro atoms. The van der Waals surface area contributed by atoms with Gasteiger partial charge in [-0.05, 0) is 55.0 Å². The summed E-state index contributed by atoms with van der Waals surface area (Å²) in [6.07, 6.45) is -7.44. The van der Waals surface area contributed by atoms with Gasteiger partial charge in [0.15, 0.2) is 0 Å². The Morgan fingerprint density at radius 2 is 1.18 bits per heavy atom. The molecular formula is C24H21F9O5. The Bertz CT molecular complexity index is 1080. The minimum Gasteiger partial charge on any atom is -0.494 e. The summed E-state index contributed by atoms with van der Waals surface area (Å²) in [5.41, 5.74) is -0.167. The minimum absolute atomic E-state index is 0.0459. The third kappa shape index (κ3) is 7.10. The highest BCUT2D eigenvalue weighted by molar-refractivity contribution is 5.92. The van der Waals surface area contributed by atoms with Gasteiger partial charge in [0.1, 0.15) is 11.5 Å². The van der Waals surface area contributed by atoms with Crippen molar-refractivity contribution < 1.29 is 63.3 Å². The van der Waals surface area contributed by atoms with Crippen LogP contribution in [0, 0.1) is 0 Å². The second-order valence-corrected chi connectivity index (χ2v) is 7.88. The zero-order valence-electron chi connectivity index (χ0n) is 19.6. The average Bonchev–Trinajstić information content (AvgIpc) is 2.84. The predicted octanol–water partition coefficient (Wildman–Crippen LogP) is 7.10. The fourth-order valence-corrected chi connectivity index (χ4v) is 2.77. The van der Waals surface area contributed by atoms with Crippen molar-refractivity contribution >= 4 is 11.9 Å². The van der Waals surface area contributed by atoms with Crippen molar-refractivity contribution in [3.8, 4) is 11.5 Å². The summed E-state index contributed by atoms with van der Waals surface area (Å²) in [5, 5.41) is 0. The van der Waals surface area contributed by atoms with Crippen LogP contribution in [0.1, 0.15) is 46.9 Å². The molecule has 0 fully saturated rings. The summed E-state index contributed by atoms with van der Waals surface area (Å²) in [7, 11) is 0. The first-order valence-electron chi connectivity index (χ1n) is 11.0. The van der Waals surface area contributed by atoms with E-state index in [1.165, 1.54) is 12.1 Å². The lowest BCUT2D eigenvalue weighted by Crippen LogP contribution is -2.61. The molecule has 0 radical (unpaired) electrons. The van der Waals surface area contributed by atoms with Crippen LogP contribution in [-0.2, 0) is 4.74 Å². The Morgan fingerprint density at radius 1 is 0.684 bits per heavy atom. The van der Waals surface area contributed by atoms with Gasteiger partial charge in [0.2, 0.25) is 0 Å². The van der Waals surface area contributed by atoms with E-state index in [-0.39, 0.29) is 16.9 Å². The summed E-state index contributed by atoms with van der Waals surface area (Å²) in [6, 6.07) is 10.3. The molecule has 38 heavy (non-hydrogen) atoms. The van der Waals surface area contributed by atoms with Crippen molar-refractivity contribution in [2.75, 3.05) is 13.2 Å². The van der Waals surface area contributed by atoms with Gasteiger partial charge in [-0.3, -0.25) is 0 Å². The number of unbranched alkanes of at least 4 members (excludes halogenated alkanes) is 1. The van der Waals surface area contributed by atoms with Gasteiger partial charge in [-0.15, -0.1) is 0 Å². The lowest BCUT2D eigenvalue weighted by atomic mass is 10.0. The van der Waals surface area contributed by atoms with E-state index in [0.29, 0.717) is 12.4 Å². The third-order valence-corrected chi connectivity index (χ3v) is 5.02. The molecule has 0 aromatic heterocycles. The standard InChI is InChI=1S/C24H21F9O5/c1-2-3-13-36-17-8-4-16(5-9-17)20(35)38-18-10-6-15(7-11-18)19(34)37-14-12-21(25,26)22(27,28)23(29,30)24(31,32)33/h4-11H,2-3,12-14H2,1H3. The number of carbonyl (C=O) groups excluding carboxylic acids is 2. The van der Waals surface area contributed by atoms with Gasteiger partial charge in [-0.2, -0.15) is 39.5 Å². The summed E-state index contributed by atoms with van der Waals surface area (Å²) >= 11 is 0. The zero-order chi connectivity index (χ0) is 28.8. The number of carbonyl (C=O) groups is 2. The van der Waals surface area contributed by atoms with E-state index in [1.807, 2.05) is 6.92 Å². The number of esters is 2. The van der Waals surface area contributed by atoms with Crippen LogP contribution in [0.5, 0.6) is 11.5 Å². The Balaban J connectivity index is 1.92. The Morgan fingerprint density at radius 3 is 1.68 bits per heavy atom. The van der Waals surface area contributed by atoms with Crippen LogP contribution in [0.3, 0.4) is 0 Å². The monoisotopic (exact) mass is 560 g/mol. The van der Waals surface area contributed by atoms with Gasteiger partial charge in [-0.25, -0.2) is 9.59 Å². The average molecular weight is 560 g/mol. The van der Waals surface area contributed by atoms with Gasteiger partial charge in [-0.1, -0.05) is 13.3 Å². The predicted molar refractivity (Wildman–Crippen MR) is 114 cm³/mol. The van der Waals surface area contributed by atoms with Crippen LogP contribution < -0.4 is 9.47 Å². The summed E-state index contributed by atoms with van der Waals surface area (Å²) < 4.78 is 131. The van der Waals surface area contributed by atoms with Crippen molar-refractivity contribution in [1.29, 1.82) is 0 Å². The molecule has 0 aliphatic carbocycles. The molecule has 0 unspecified atom stereocenters. The molecule has 14 heteroatoms. The summed E-state index contributed by atoms with van der Waals surface area (Å²) in [6.45, 7) is 0.920. The fraction of sp³-hybridized carbons (Fsp3) is 0.417. The van der Waals surface area contributed by atoms with Crippen molar-refractivity contribution in [2.24, 2.45) is 0 Å². The van der Waals surface area contributed by atoms with Crippen LogP contribution in [0.25, 0.3) is 0 Å². The number of rotatable bonds is 12. The van der Waals surface area contributed by atoms with Crippen LogP contribution in [-0.4, -0.2) is 49.1 Å². The van der Waals surface area contributed by atoms with Crippen molar-refractivity contribution in [1.82, 2.24) is 0 Å². The lowest BCUT2D eigenvalue weighted by molar-refractivity contribution is -0.397. The van der Waals surface area contributed by atoms with E-state index in [0.717, 1.165) is 37.1 Å². The van der Waals surface area contributed by atoms with Gasteiger partial charge < -0.3 is 14.2 Å². The molecule has 2 rings (SSSR count). The van der Waals surface area contributed by atoms with Crippen LogP contribution in [0.4, 0.5) is 39.5 Å². The van der Waals surface area contributed by atoms with Gasteiger partial charge in [0, 0.05) is 0 Å². The number of halogens is 9. The molecule has 0 saturated carbocycles. The maximum Gasteiger partial charge on any atom is 0.460 e. The lowest BCUT2D eigenvalue weighted by Gasteiger charge is -2.33. The van der Waals surface area contributed by atoms with Crippen molar-refractivity contribution in [3.05, 3.63) is 59.7 Å². The SMILES string of the molecule is CCCCOc1ccc(C(=O)Oc2ccc(C(=O)OCCC(F)(F)C(F)(F)C(F)(F)C(F)(F)F)cc2)cc1. The molecule has 0 saturated heterocycles. The van der Waals surface area contributed by atoms with Crippen LogP contribution in [0.2, 0.25) is 0 Å². The molecule has 0 atom stereocenters. The minimum atomic E-state index is -7.02. The first-order chi connectivity index (χ1) is 17.5. The Hall–Kier alpha value is -3.45. The molecule has 0 amide bonds. The molecular weight excluding hydrogens is 539 g/mol. The smallest absolute Gasteiger partial charge is 0.460 e. The largest absolute Gasteiger partial charge is 0.494 e. The number of ether oxygens (including phenoxy) is 3. The molecule has 210 valence electrons. The number of alkyl halides is 9. The molecule has 0 N–H and O–H groups in total. The molecule has 0 heterocycles. The topological polar surface area (TPSA) is 61.8 Å². The van der Waals surface area contributed by atoms with Gasteiger partial charge >= 0.3 is 35.9 Å². The van der Waals surface area contributed by atoms with Crippen molar-refractivity contribution in [3.63, 3.8) is 0 Å². The van der Waals surface area contributed by atoms with Crippen LogP contribution >= 0.6 is 0 Å². The molecule has 5 nitrogen and oxygen atoms in total. The molecule has 0 aliphatic rings. The van der Waals surface area contributed by atoms with E-state index >= 15 is 0 Å². The van der Waals surface area contributed by atoms with Gasteiger partial charge in [0.05, 0.1) is 30.8 Å². The van der Waals surface area contributed by atoms with Crippen LogP contribution in [0.15, 0.2) is 48.5 Å². The maximum absolute atomic E-state index is 13.5. The van der Waals surface area contributed by atoms with E-state index < -0.39 is 48.9 Å². The molecule has 0 bridgehead atoms. The third-order valence-electron chi connectivity index (χ3n) is 5.02. The highest BCUT2D eigenvalue weighted by atomic mass is 19.4. The first kappa shape index (κ1) is 30.8. The normalized spacial score (nSPS) is 12.7. The first-order valence-corrected chi connectivity index (χ1v) is 11.0. The highest BCUT2D eigenvalue weighted by Crippen LogP contribution is 2.53. The summed E-state index contributed by atoms with van der Waals surface area (Å²) in [5.74, 6) is -21.3. The maximum atomic E-state index is 13.5. The quantitative estimate of drug-likeness (QED) is 0.120. The van der Waals surface area contributed by atoms with E-state index in [1.54, 1.807) is 12.1 Å².